The van der Waals surface area contributed by atoms with Crippen molar-refractivity contribution >= 4 is 5.91 Å². The minimum atomic E-state index is -1.34. The van der Waals surface area contributed by atoms with E-state index in [4.69, 9.17) is 9.47 Å². The first-order valence-corrected chi connectivity index (χ1v) is 9.66. The smallest absolute Gasteiger partial charge is 0.251 e. The van der Waals surface area contributed by atoms with Crippen molar-refractivity contribution in [1.82, 2.24) is 9.88 Å². The second-order valence-corrected chi connectivity index (χ2v) is 7.13. The fourth-order valence-corrected chi connectivity index (χ4v) is 3.79. The number of pyridine rings is 1. The molecule has 0 spiro atoms. The standard InChI is InChI=1S/C23H20F2N2O4/c1-30-22-16-6-2-3-7-19(16)31-13-18(22)26-23(29)21(27-11-5-4-8-20(27)28)15-10-9-14(24)12-17(15)25/h2-12,18,21-22H,13H2,1H3,(H,26,29). The number of rotatable bonds is 5. The Morgan fingerprint density at radius 3 is 2.68 bits per heavy atom. The van der Waals surface area contributed by atoms with Crippen LogP contribution in [0.2, 0.25) is 0 Å². The fraction of sp³-hybridized carbons (Fsp3) is 0.217. The molecule has 3 aromatic rings. The summed E-state index contributed by atoms with van der Waals surface area (Å²) in [5, 5.41) is 2.82. The van der Waals surface area contributed by atoms with Gasteiger partial charge >= 0.3 is 0 Å². The van der Waals surface area contributed by atoms with Crippen LogP contribution in [0.3, 0.4) is 0 Å². The highest BCUT2D eigenvalue weighted by atomic mass is 19.1. The van der Waals surface area contributed by atoms with Crippen LogP contribution in [0.15, 0.2) is 71.7 Å². The van der Waals surface area contributed by atoms with Crippen LogP contribution in [0.5, 0.6) is 5.75 Å². The summed E-state index contributed by atoms with van der Waals surface area (Å²) >= 11 is 0. The van der Waals surface area contributed by atoms with Gasteiger partial charge in [-0.05, 0) is 18.2 Å². The molecule has 2 heterocycles. The molecule has 3 atom stereocenters. The van der Waals surface area contributed by atoms with E-state index < -0.39 is 41.3 Å². The molecule has 0 bridgehead atoms. The van der Waals surface area contributed by atoms with Gasteiger partial charge < -0.3 is 14.8 Å². The van der Waals surface area contributed by atoms with Gasteiger partial charge in [0.2, 0.25) is 5.91 Å². The lowest BCUT2D eigenvalue weighted by Crippen LogP contribution is -2.49. The number of carbonyl (C=O) groups excluding carboxylic acids is 1. The molecule has 0 aliphatic carbocycles. The number of ether oxygens (including phenoxy) is 2. The van der Waals surface area contributed by atoms with Gasteiger partial charge in [-0.2, -0.15) is 0 Å². The van der Waals surface area contributed by atoms with E-state index in [0.29, 0.717) is 11.8 Å². The SMILES string of the molecule is COC1c2ccccc2OCC1NC(=O)C(c1ccc(F)cc1F)n1ccccc1=O. The van der Waals surface area contributed by atoms with E-state index in [9.17, 15) is 18.4 Å². The Bertz CT molecular complexity index is 1160. The highest BCUT2D eigenvalue weighted by Gasteiger charge is 2.35. The summed E-state index contributed by atoms with van der Waals surface area (Å²) in [6.07, 6.45) is 0.885. The number of fused-ring (bicyclic) bond motifs is 1. The van der Waals surface area contributed by atoms with Crippen molar-refractivity contribution in [2.24, 2.45) is 0 Å². The van der Waals surface area contributed by atoms with Crippen LogP contribution in [0.1, 0.15) is 23.3 Å². The molecule has 1 amide bonds. The summed E-state index contributed by atoms with van der Waals surface area (Å²) in [6.45, 7) is 0.129. The molecule has 1 aromatic heterocycles. The van der Waals surface area contributed by atoms with E-state index in [-0.39, 0.29) is 12.2 Å². The average Bonchev–Trinajstić information content (AvgIpc) is 2.76. The maximum absolute atomic E-state index is 14.6. The predicted octanol–water partition coefficient (Wildman–Crippen LogP) is 2.98. The zero-order valence-electron chi connectivity index (χ0n) is 16.6. The van der Waals surface area contributed by atoms with E-state index in [2.05, 4.69) is 5.32 Å². The molecule has 4 rings (SSSR count). The number of carbonyl (C=O) groups is 1. The molecule has 160 valence electrons. The normalized spacial score (nSPS) is 18.5. The van der Waals surface area contributed by atoms with E-state index in [0.717, 1.165) is 22.3 Å². The Kier molecular flexibility index (Phi) is 5.81. The van der Waals surface area contributed by atoms with Crippen molar-refractivity contribution < 1.29 is 23.0 Å². The minimum absolute atomic E-state index is 0.127. The molecule has 1 aliphatic heterocycles. The zero-order valence-corrected chi connectivity index (χ0v) is 16.6. The Morgan fingerprint density at radius 2 is 1.94 bits per heavy atom. The van der Waals surface area contributed by atoms with E-state index in [1.807, 2.05) is 18.2 Å². The molecule has 2 aromatic carbocycles. The number of methoxy groups -OCH3 is 1. The second kappa shape index (κ2) is 8.69. The van der Waals surface area contributed by atoms with E-state index >= 15 is 0 Å². The van der Waals surface area contributed by atoms with Crippen molar-refractivity contribution in [1.29, 1.82) is 0 Å². The summed E-state index contributed by atoms with van der Waals surface area (Å²) in [4.78, 5) is 25.8. The summed E-state index contributed by atoms with van der Waals surface area (Å²) in [7, 11) is 1.52. The number of para-hydroxylation sites is 1. The minimum Gasteiger partial charge on any atom is -0.491 e. The largest absolute Gasteiger partial charge is 0.491 e. The first kappa shape index (κ1) is 20.7. The average molecular weight is 426 g/mol. The van der Waals surface area contributed by atoms with Gasteiger partial charge in [0.1, 0.15) is 36.1 Å². The van der Waals surface area contributed by atoms with Crippen molar-refractivity contribution in [3.63, 3.8) is 0 Å². The number of halogens is 2. The zero-order chi connectivity index (χ0) is 22.0. The van der Waals surface area contributed by atoms with Gasteiger partial charge in [0, 0.05) is 36.6 Å². The number of amides is 1. The highest BCUT2D eigenvalue weighted by Crippen LogP contribution is 2.34. The van der Waals surface area contributed by atoms with E-state index in [1.54, 1.807) is 12.1 Å². The monoisotopic (exact) mass is 426 g/mol. The van der Waals surface area contributed by atoms with Crippen LogP contribution in [0.4, 0.5) is 8.78 Å². The van der Waals surface area contributed by atoms with Gasteiger partial charge in [-0.3, -0.25) is 14.2 Å². The van der Waals surface area contributed by atoms with Crippen LogP contribution < -0.4 is 15.6 Å². The molecule has 31 heavy (non-hydrogen) atoms. The molecule has 0 radical (unpaired) electrons. The molecule has 0 saturated carbocycles. The molecule has 8 heteroatoms. The van der Waals surface area contributed by atoms with Crippen LogP contribution in [-0.2, 0) is 9.53 Å². The van der Waals surface area contributed by atoms with Crippen molar-refractivity contribution in [3.8, 4) is 5.75 Å². The van der Waals surface area contributed by atoms with Crippen molar-refractivity contribution in [2.75, 3.05) is 13.7 Å². The highest BCUT2D eigenvalue weighted by molar-refractivity contribution is 5.84. The summed E-state index contributed by atoms with van der Waals surface area (Å²) in [6, 6.07) is 12.6. The third-order valence-corrected chi connectivity index (χ3v) is 5.23. The Labute approximate surface area is 177 Å². The van der Waals surface area contributed by atoms with Crippen LogP contribution >= 0.6 is 0 Å². The molecular weight excluding hydrogens is 406 g/mol. The van der Waals surface area contributed by atoms with Crippen LogP contribution in [-0.4, -0.2) is 30.2 Å². The number of nitrogens with zero attached hydrogens (tertiary/aromatic N) is 1. The Balaban J connectivity index is 1.70. The number of benzene rings is 2. The third-order valence-electron chi connectivity index (χ3n) is 5.23. The number of nitrogens with one attached hydrogen (secondary N) is 1. The third kappa shape index (κ3) is 4.06. The van der Waals surface area contributed by atoms with Gasteiger partial charge in [-0.1, -0.05) is 30.3 Å². The molecule has 0 fully saturated rings. The number of hydrogen-bond donors (Lipinski definition) is 1. The summed E-state index contributed by atoms with van der Waals surface area (Å²) < 4.78 is 40.5. The second-order valence-electron chi connectivity index (χ2n) is 7.13. The van der Waals surface area contributed by atoms with Gasteiger partial charge in [-0.15, -0.1) is 0 Å². The molecule has 1 N–H and O–H groups in total. The summed E-state index contributed by atoms with van der Waals surface area (Å²) in [5.74, 6) is -1.70. The van der Waals surface area contributed by atoms with Crippen molar-refractivity contribution in [3.05, 3.63) is 100.0 Å². The lowest BCUT2D eigenvalue weighted by molar-refractivity contribution is -0.126. The first-order valence-electron chi connectivity index (χ1n) is 9.66. The van der Waals surface area contributed by atoms with E-state index in [1.165, 1.54) is 25.4 Å². The summed E-state index contributed by atoms with van der Waals surface area (Å²) in [5.41, 5.74) is 0.140. The van der Waals surface area contributed by atoms with Crippen LogP contribution in [0.25, 0.3) is 0 Å². The maximum Gasteiger partial charge on any atom is 0.251 e. The lowest BCUT2D eigenvalue weighted by Gasteiger charge is -2.34. The van der Waals surface area contributed by atoms with Gasteiger partial charge in [-0.25, -0.2) is 8.78 Å². The molecular formula is C23H20F2N2O4. The lowest BCUT2D eigenvalue weighted by atomic mass is 9.97. The molecule has 1 aliphatic rings. The Hall–Kier alpha value is -3.52. The molecule has 0 saturated heterocycles. The predicted molar refractivity (Wildman–Crippen MR) is 109 cm³/mol. The van der Waals surface area contributed by atoms with Crippen molar-refractivity contribution in [2.45, 2.75) is 18.2 Å². The van der Waals surface area contributed by atoms with Gasteiger partial charge in [0.05, 0.1) is 6.04 Å². The van der Waals surface area contributed by atoms with Gasteiger partial charge in [0.25, 0.3) is 5.56 Å². The maximum atomic E-state index is 14.6. The quantitative estimate of drug-likeness (QED) is 0.681. The van der Waals surface area contributed by atoms with Crippen LogP contribution in [0, 0.1) is 11.6 Å². The molecule has 3 unspecified atom stereocenters. The number of aromatic nitrogens is 1. The van der Waals surface area contributed by atoms with Gasteiger partial charge in [0.15, 0.2) is 0 Å². The fourth-order valence-electron chi connectivity index (χ4n) is 3.79. The first-order chi connectivity index (χ1) is 15.0. The molecule has 6 nitrogen and oxygen atoms in total. The topological polar surface area (TPSA) is 69.6 Å². The number of hydrogen-bond acceptors (Lipinski definition) is 4. The Morgan fingerprint density at radius 1 is 1.16 bits per heavy atom.